The average molecular weight is 264 g/mol. The zero-order valence-electron chi connectivity index (χ0n) is 10.6. The normalized spacial score (nSPS) is 15.7. The van der Waals surface area contributed by atoms with Gasteiger partial charge in [-0.15, -0.1) is 11.8 Å². The van der Waals surface area contributed by atoms with E-state index in [1.807, 2.05) is 34.9 Å². The number of hydrogen-bond donors (Lipinski definition) is 1. The summed E-state index contributed by atoms with van der Waals surface area (Å²) in [5.74, 6) is 1.33. The molecule has 2 rings (SSSR count). The Balaban J connectivity index is 1.61. The largest absolute Gasteiger partial charge is 0.340 e. The van der Waals surface area contributed by atoms with E-state index in [4.69, 9.17) is 0 Å². The van der Waals surface area contributed by atoms with Gasteiger partial charge in [0.1, 0.15) is 0 Å². The molecule has 1 aromatic carbocycles. The first-order valence-corrected chi connectivity index (χ1v) is 7.51. The standard InChI is InChI=1S/C14H20N2OS/c17-14(16-10-8-15-9-11-16)7-4-12-18-13-5-2-1-3-6-13/h1-3,5-6,15H,4,7-12H2. The lowest BCUT2D eigenvalue weighted by atomic mass is 10.2. The summed E-state index contributed by atoms with van der Waals surface area (Å²) in [4.78, 5) is 15.2. The minimum absolute atomic E-state index is 0.310. The highest BCUT2D eigenvalue weighted by Gasteiger charge is 2.15. The predicted molar refractivity (Wildman–Crippen MR) is 75.8 cm³/mol. The Labute approximate surface area is 113 Å². The van der Waals surface area contributed by atoms with Crippen molar-refractivity contribution in [3.05, 3.63) is 30.3 Å². The molecule has 0 saturated carbocycles. The molecule has 0 spiro atoms. The fourth-order valence-corrected chi connectivity index (χ4v) is 2.88. The molecule has 1 aliphatic rings. The van der Waals surface area contributed by atoms with E-state index in [9.17, 15) is 4.79 Å². The summed E-state index contributed by atoms with van der Waals surface area (Å²) in [5.41, 5.74) is 0. The lowest BCUT2D eigenvalue weighted by molar-refractivity contribution is -0.131. The minimum Gasteiger partial charge on any atom is -0.340 e. The summed E-state index contributed by atoms with van der Waals surface area (Å²) in [6.45, 7) is 3.60. The number of thioether (sulfide) groups is 1. The molecule has 1 aliphatic heterocycles. The van der Waals surface area contributed by atoms with E-state index in [-0.39, 0.29) is 0 Å². The molecule has 4 heteroatoms. The molecule has 1 amide bonds. The van der Waals surface area contributed by atoms with E-state index in [0.29, 0.717) is 12.3 Å². The molecule has 0 atom stereocenters. The molecule has 18 heavy (non-hydrogen) atoms. The first-order valence-electron chi connectivity index (χ1n) is 6.52. The highest BCUT2D eigenvalue weighted by Crippen LogP contribution is 2.18. The smallest absolute Gasteiger partial charge is 0.222 e. The highest BCUT2D eigenvalue weighted by molar-refractivity contribution is 7.99. The van der Waals surface area contributed by atoms with Crippen molar-refractivity contribution in [2.45, 2.75) is 17.7 Å². The van der Waals surface area contributed by atoms with E-state index < -0.39 is 0 Å². The molecule has 0 radical (unpaired) electrons. The lowest BCUT2D eigenvalue weighted by Gasteiger charge is -2.27. The third kappa shape index (κ3) is 4.35. The van der Waals surface area contributed by atoms with Gasteiger partial charge in [-0.1, -0.05) is 18.2 Å². The first kappa shape index (κ1) is 13.4. The number of rotatable bonds is 5. The molecular weight excluding hydrogens is 244 g/mol. The van der Waals surface area contributed by atoms with Crippen LogP contribution in [0.5, 0.6) is 0 Å². The molecule has 0 aromatic heterocycles. The summed E-state index contributed by atoms with van der Waals surface area (Å²) in [7, 11) is 0. The van der Waals surface area contributed by atoms with Crippen LogP contribution in [0.15, 0.2) is 35.2 Å². The molecule has 1 heterocycles. The van der Waals surface area contributed by atoms with Gasteiger partial charge < -0.3 is 10.2 Å². The van der Waals surface area contributed by atoms with Gasteiger partial charge in [0.15, 0.2) is 0 Å². The summed E-state index contributed by atoms with van der Waals surface area (Å²) in [5, 5.41) is 3.26. The Morgan fingerprint density at radius 1 is 1.22 bits per heavy atom. The van der Waals surface area contributed by atoms with Crippen molar-refractivity contribution in [3.8, 4) is 0 Å². The molecule has 98 valence electrons. The molecular formula is C14H20N2OS. The van der Waals surface area contributed by atoms with E-state index in [1.165, 1.54) is 4.90 Å². The predicted octanol–water partition coefficient (Wildman–Crippen LogP) is 1.99. The van der Waals surface area contributed by atoms with Crippen molar-refractivity contribution in [1.82, 2.24) is 10.2 Å². The first-order chi connectivity index (χ1) is 8.86. The molecule has 0 aliphatic carbocycles. The van der Waals surface area contributed by atoms with Crippen LogP contribution in [0.3, 0.4) is 0 Å². The van der Waals surface area contributed by atoms with Crippen molar-refractivity contribution >= 4 is 17.7 Å². The van der Waals surface area contributed by atoms with Crippen molar-refractivity contribution in [1.29, 1.82) is 0 Å². The highest BCUT2D eigenvalue weighted by atomic mass is 32.2. The Morgan fingerprint density at radius 2 is 1.94 bits per heavy atom. The van der Waals surface area contributed by atoms with Crippen LogP contribution in [0.2, 0.25) is 0 Å². The Kier molecular flexibility index (Phi) is 5.55. The number of nitrogens with zero attached hydrogens (tertiary/aromatic N) is 1. The van der Waals surface area contributed by atoms with Crippen LogP contribution in [0, 0.1) is 0 Å². The number of carbonyl (C=O) groups excluding carboxylic acids is 1. The number of carbonyl (C=O) groups is 1. The monoisotopic (exact) mass is 264 g/mol. The zero-order valence-corrected chi connectivity index (χ0v) is 11.4. The average Bonchev–Trinajstić information content (AvgIpc) is 2.45. The van der Waals surface area contributed by atoms with Crippen molar-refractivity contribution in [2.24, 2.45) is 0 Å². The van der Waals surface area contributed by atoms with E-state index in [0.717, 1.165) is 38.4 Å². The van der Waals surface area contributed by atoms with Crippen LogP contribution in [0.1, 0.15) is 12.8 Å². The van der Waals surface area contributed by atoms with Crippen molar-refractivity contribution in [3.63, 3.8) is 0 Å². The van der Waals surface area contributed by atoms with E-state index >= 15 is 0 Å². The molecule has 1 aromatic rings. The summed E-state index contributed by atoms with van der Waals surface area (Å²) in [6, 6.07) is 10.4. The topological polar surface area (TPSA) is 32.3 Å². The second-order valence-corrected chi connectivity index (χ2v) is 5.56. The van der Waals surface area contributed by atoms with Gasteiger partial charge in [0.25, 0.3) is 0 Å². The molecule has 1 fully saturated rings. The van der Waals surface area contributed by atoms with Crippen LogP contribution in [-0.2, 0) is 4.79 Å². The van der Waals surface area contributed by atoms with Gasteiger partial charge in [-0.05, 0) is 24.3 Å². The Bertz CT molecular complexity index is 363. The zero-order chi connectivity index (χ0) is 12.6. The Morgan fingerprint density at radius 3 is 2.67 bits per heavy atom. The molecule has 0 bridgehead atoms. The minimum atomic E-state index is 0.310. The van der Waals surface area contributed by atoms with Crippen molar-refractivity contribution < 1.29 is 4.79 Å². The summed E-state index contributed by atoms with van der Waals surface area (Å²) >= 11 is 1.83. The van der Waals surface area contributed by atoms with Gasteiger partial charge in [0, 0.05) is 37.5 Å². The maximum Gasteiger partial charge on any atom is 0.222 e. The number of amides is 1. The van der Waals surface area contributed by atoms with Crippen molar-refractivity contribution in [2.75, 3.05) is 31.9 Å². The number of piperazine rings is 1. The quantitative estimate of drug-likeness (QED) is 0.652. The van der Waals surface area contributed by atoms with E-state index in [1.54, 1.807) is 0 Å². The number of hydrogen-bond acceptors (Lipinski definition) is 3. The summed E-state index contributed by atoms with van der Waals surface area (Å²) in [6.07, 6.45) is 1.64. The molecule has 0 unspecified atom stereocenters. The van der Waals surface area contributed by atoms with Gasteiger partial charge >= 0.3 is 0 Å². The van der Waals surface area contributed by atoms with Gasteiger partial charge in [-0.3, -0.25) is 4.79 Å². The number of benzene rings is 1. The maximum atomic E-state index is 11.9. The SMILES string of the molecule is O=C(CCCSc1ccccc1)N1CCNCC1. The van der Waals surface area contributed by atoms with Crippen LogP contribution in [-0.4, -0.2) is 42.7 Å². The van der Waals surface area contributed by atoms with E-state index in [2.05, 4.69) is 17.4 Å². The Hall–Kier alpha value is -1.00. The molecule has 1 saturated heterocycles. The lowest BCUT2D eigenvalue weighted by Crippen LogP contribution is -2.46. The maximum absolute atomic E-state index is 11.9. The third-order valence-corrected chi connectivity index (χ3v) is 4.11. The van der Waals surface area contributed by atoms with Crippen LogP contribution >= 0.6 is 11.8 Å². The fraction of sp³-hybridized carbons (Fsp3) is 0.500. The number of nitrogens with one attached hydrogen (secondary N) is 1. The van der Waals surface area contributed by atoms with Gasteiger partial charge in [0.2, 0.25) is 5.91 Å². The van der Waals surface area contributed by atoms with Crippen LogP contribution in [0.4, 0.5) is 0 Å². The molecule has 1 N–H and O–H groups in total. The third-order valence-electron chi connectivity index (χ3n) is 3.02. The molecule has 3 nitrogen and oxygen atoms in total. The summed E-state index contributed by atoms with van der Waals surface area (Å²) < 4.78 is 0. The van der Waals surface area contributed by atoms with Crippen LogP contribution < -0.4 is 5.32 Å². The fourth-order valence-electron chi connectivity index (χ4n) is 2.00. The van der Waals surface area contributed by atoms with Gasteiger partial charge in [0.05, 0.1) is 0 Å². The van der Waals surface area contributed by atoms with Gasteiger partial charge in [-0.25, -0.2) is 0 Å². The second kappa shape index (κ2) is 7.44. The second-order valence-electron chi connectivity index (χ2n) is 4.40. The van der Waals surface area contributed by atoms with Crippen LogP contribution in [0.25, 0.3) is 0 Å². The van der Waals surface area contributed by atoms with Gasteiger partial charge in [-0.2, -0.15) is 0 Å².